The van der Waals surface area contributed by atoms with Gasteiger partial charge in [-0.05, 0) is 6.92 Å². The third-order valence-electron chi connectivity index (χ3n) is 11.7. The average molecular weight is 985 g/mol. The summed E-state index contributed by atoms with van der Waals surface area (Å²) in [6, 6.07) is -3.42. The molecule has 0 bridgehead atoms. The summed E-state index contributed by atoms with van der Waals surface area (Å²) in [5.74, 6) is -6.77. The molecule has 0 aromatic rings. The molecule has 4 heterocycles. The Bertz CT molecular complexity index is 1590. The molecule has 30 heteroatoms. The number of hydrogen-bond donors (Lipinski definition) is 19. The molecule has 25 unspecified atom stereocenters. The van der Waals surface area contributed by atoms with E-state index in [1.165, 1.54) is 6.92 Å². The molecular formula is C37H64N2O28. The molecule has 25 atom stereocenters. The van der Waals surface area contributed by atoms with Gasteiger partial charge in [0.05, 0.1) is 57.3 Å². The largest absolute Gasteiger partial charge is 0.477 e. The molecule has 30 nitrogen and oxygen atoms in total. The zero-order valence-corrected chi connectivity index (χ0v) is 36.2. The van der Waals surface area contributed by atoms with Crippen molar-refractivity contribution < 1.29 is 139 Å². The van der Waals surface area contributed by atoms with Gasteiger partial charge in [0.25, 0.3) is 5.79 Å². The van der Waals surface area contributed by atoms with Gasteiger partial charge in [0.1, 0.15) is 104 Å². The predicted molar refractivity (Wildman–Crippen MR) is 208 cm³/mol. The van der Waals surface area contributed by atoms with Gasteiger partial charge in [-0.2, -0.15) is 0 Å². The number of aliphatic hydroxyl groups is 16. The van der Waals surface area contributed by atoms with Crippen LogP contribution in [0.5, 0.6) is 0 Å². The minimum atomic E-state index is -3.05. The Morgan fingerprint density at radius 2 is 1.24 bits per heavy atom. The van der Waals surface area contributed by atoms with E-state index in [1.54, 1.807) is 0 Å². The van der Waals surface area contributed by atoms with E-state index in [4.69, 9.17) is 37.9 Å². The van der Waals surface area contributed by atoms with E-state index >= 15 is 0 Å². The number of carboxylic acid groups (broad SMARTS) is 1. The Labute approximate surface area is 380 Å². The molecule has 0 saturated carbocycles. The summed E-state index contributed by atoms with van der Waals surface area (Å²) < 4.78 is 45.5. The minimum Gasteiger partial charge on any atom is -0.477 e. The lowest BCUT2D eigenvalue weighted by atomic mass is 9.88. The van der Waals surface area contributed by atoms with Gasteiger partial charge < -0.3 is 135 Å². The van der Waals surface area contributed by atoms with Crippen LogP contribution < -0.4 is 10.6 Å². The van der Waals surface area contributed by atoms with Crippen molar-refractivity contribution >= 4 is 17.8 Å². The maximum atomic E-state index is 12.7. The third kappa shape index (κ3) is 13.1. The number of nitrogens with one attached hydrogen (secondary N) is 2. The summed E-state index contributed by atoms with van der Waals surface area (Å²) in [6.07, 6.45) is -45.5. The molecule has 0 spiro atoms. The van der Waals surface area contributed by atoms with E-state index in [9.17, 15) is 101 Å². The van der Waals surface area contributed by atoms with Crippen LogP contribution in [0.1, 0.15) is 27.2 Å². The van der Waals surface area contributed by atoms with E-state index in [0.29, 0.717) is 0 Å². The van der Waals surface area contributed by atoms with Crippen molar-refractivity contribution in [1.82, 2.24) is 10.6 Å². The van der Waals surface area contributed by atoms with Crippen LogP contribution in [0.3, 0.4) is 0 Å². The van der Waals surface area contributed by atoms with E-state index < -0.39 is 210 Å². The van der Waals surface area contributed by atoms with E-state index in [2.05, 4.69) is 10.6 Å². The first-order chi connectivity index (χ1) is 31.4. The summed E-state index contributed by atoms with van der Waals surface area (Å²) in [6.45, 7) is -2.40. The van der Waals surface area contributed by atoms with E-state index in [-0.39, 0.29) is 0 Å². The van der Waals surface area contributed by atoms with Crippen LogP contribution in [0, 0.1) is 0 Å². The van der Waals surface area contributed by atoms with E-state index in [1.807, 2.05) is 0 Å². The topological polar surface area (TPSA) is 493 Å². The number of rotatable bonds is 21. The van der Waals surface area contributed by atoms with Crippen molar-refractivity contribution in [3.63, 3.8) is 0 Å². The highest BCUT2D eigenvalue weighted by Crippen LogP contribution is 2.37. The van der Waals surface area contributed by atoms with Crippen LogP contribution in [0.4, 0.5) is 0 Å². The normalized spacial score (nSPS) is 42.1. The van der Waals surface area contributed by atoms with Gasteiger partial charge in [-0.15, -0.1) is 0 Å². The second-order valence-corrected chi connectivity index (χ2v) is 16.6. The molecule has 2 amide bonds. The first-order valence-corrected chi connectivity index (χ1v) is 21.0. The zero-order valence-electron chi connectivity index (χ0n) is 36.2. The standard InChI is InChI=1S/C37H64N2O28/c1-10-20(49)25(54)27(56)33(61-10)66-32-31(65-34-28(57)26(55)23(52)17(7-42)62-34)24(53)18(8-43)63-35(32)64-29(13(5-40)38-11(2)44)22(51)16(48)9-60-37(36(58)59)4-14(46)19(39-12(3)45)30(67-37)21(50)15(47)6-41/h10,13-35,40-43,46-57H,4-9H2,1-3H3,(H,38,44)(H,39,45)(H,58,59). The van der Waals surface area contributed by atoms with Crippen molar-refractivity contribution in [1.29, 1.82) is 0 Å². The van der Waals surface area contributed by atoms with Crippen molar-refractivity contribution in [3.05, 3.63) is 0 Å². The van der Waals surface area contributed by atoms with Gasteiger partial charge in [0.15, 0.2) is 18.9 Å². The molecule has 0 aromatic carbocycles. The molecule has 19 N–H and O–H groups in total. The van der Waals surface area contributed by atoms with Crippen molar-refractivity contribution in [2.45, 2.75) is 180 Å². The fourth-order valence-corrected chi connectivity index (χ4v) is 7.94. The molecule has 0 radical (unpaired) electrons. The maximum absolute atomic E-state index is 12.7. The summed E-state index contributed by atoms with van der Waals surface area (Å²) in [7, 11) is 0. The predicted octanol–water partition coefficient (Wildman–Crippen LogP) is -11.8. The summed E-state index contributed by atoms with van der Waals surface area (Å²) in [5.41, 5.74) is 0. The van der Waals surface area contributed by atoms with Gasteiger partial charge in [0, 0.05) is 20.3 Å². The lowest BCUT2D eigenvalue weighted by molar-refractivity contribution is -0.396. The molecular weight excluding hydrogens is 920 g/mol. The second-order valence-electron chi connectivity index (χ2n) is 16.6. The van der Waals surface area contributed by atoms with Crippen LogP contribution in [-0.2, 0) is 52.3 Å². The number of carbonyl (C=O) groups is 3. The molecule has 0 aliphatic carbocycles. The zero-order chi connectivity index (χ0) is 50.4. The number of carboxylic acids is 1. The smallest absolute Gasteiger partial charge is 0.364 e. The van der Waals surface area contributed by atoms with Crippen molar-refractivity contribution in [2.24, 2.45) is 0 Å². The Kier molecular flexibility index (Phi) is 20.9. The highest BCUT2D eigenvalue weighted by Gasteiger charge is 2.58. The summed E-state index contributed by atoms with van der Waals surface area (Å²) in [5, 5.41) is 185. The lowest BCUT2D eigenvalue weighted by Crippen LogP contribution is -2.68. The fraction of sp³-hybridized carbons (Fsp3) is 0.919. The van der Waals surface area contributed by atoms with Gasteiger partial charge >= 0.3 is 5.97 Å². The van der Waals surface area contributed by atoms with Crippen molar-refractivity contribution in [3.8, 4) is 0 Å². The quantitative estimate of drug-likeness (QED) is 0.0508. The van der Waals surface area contributed by atoms with Crippen LogP contribution in [0.25, 0.3) is 0 Å². The average Bonchev–Trinajstić information content (AvgIpc) is 3.28. The molecule has 4 aliphatic heterocycles. The van der Waals surface area contributed by atoms with Gasteiger partial charge in [-0.25, -0.2) is 4.79 Å². The Hall–Kier alpha value is -2.55. The fourth-order valence-electron chi connectivity index (χ4n) is 7.94. The number of aliphatic hydroxyl groups excluding tert-OH is 16. The number of aliphatic carboxylic acids is 1. The minimum absolute atomic E-state index is 0.802. The monoisotopic (exact) mass is 984 g/mol. The third-order valence-corrected chi connectivity index (χ3v) is 11.7. The molecule has 4 rings (SSSR count). The maximum Gasteiger partial charge on any atom is 0.364 e. The molecule has 390 valence electrons. The SMILES string of the molecule is CC(=O)NC(CO)C(OC1OC(CO)C(O)C(OC2OC(CO)C(O)C(O)C2O)C1OC1OC(C)C(O)C(O)C1O)C(O)C(O)COC1(C(=O)O)CC(O)C(NC(C)=O)C(C(O)C(O)CO)O1. The molecule has 67 heavy (non-hydrogen) atoms. The molecule has 4 saturated heterocycles. The number of carbonyl (C=O) groups excluding carboxylic acids is 2. The van der Waals surface area contributed by atoms with Gasteiger partial charge in [0.2, 0.25) is 11.8 Å². The number of ether oxygens (including phenoxy) is 8. The Morgan fingerprint density at radius 3 is 1.78 bits per heavy atom. The number of amides is 2. The highest BCUT2D eigenvalue weighted by molar-refractivity contribution is 5.76. The van der Waals surface area contributed by atoms with E-state index in [0.717, 1.165) is 13.8 Å². The van der Waals surface area contributed by atoms with Crippen LogP contribution in [0.2, 0.25) is 0 Å². The van der Waals surface area contributed by atoms with Crippen LogP contribution >= 0.6 is 0 Å². The number of hydrogen-bond acceptors (Lipinski definition) is 27. The molecule has 4 aliphatic rings. The Morgan fingerprint density at radius 1 is 0.687 bits per heavy atom. The summed E-state index contributed by atoms with van der Waals surface area (Å²) in [4.78, 5) is 37.1. The first-order valence-electron chi connectivity index (χ1n) is 21.0. The highest BCUT2D eigenvalue weighted by atomic mass is 16.8. The van der Waals surface area contributed by atoms with Gasteiger partial charge in [-0.3, -0.25) is 9.59 Å². The van der Waals surface area contributed by atoms with Crippen molar-refractivity contribution in [2.75, 3.05) is 33.0 Å². The van der Waals surface area contributed by atoms with Gasteiger partial charge in [-0.1, -0.05) is 0 Å². The lowest BCUT2D eigenvalue weighted by Gasteiger charge is -2.50. The molecule has 0 aromatic heterocycles. The van der Waals surface area contributed by atoms with Crippen LogP contribution in [-0.4, -0.2) is 290 Å². The molecule has 4 fully saturated rings. The first kappa shape index (κ1) is 57.0. The van der Waals surface area contributed by atoms with Crippen LogP contribution in [0.15, 0.2) is 0 Å². The second kappa shape index (κ2) is 24.5. The Balaban J connectivity index is 1.74. The summed E-state index contributed by atoms with van der Waals surface area (Å²) >= 11 is 0.